The molecule has 0 atom stereocenters. The van der Waals surface area contributed by atoms with Crippen LogP contribution in [0.2, 0.25) is 0 Å². The summed E-state index contributed by atoms with van der Waals surface area (Å²) in [7, 11) is 0. The summed E-state index contributed by atoms with van der Waals surface area (Å²) in [6.07, 6.45) is 6.36. The van der Waals surface area contributed by atoms with E-state index in [2.05, 4.69) is 33.0 Å². The normalized spacial score (nSPS) is 16.2. The lowest BCUT2D eigenvalue weighted by Gasteiger charge is -2.17. The third-order valence-electron chi connectivity index (χ3n) is 3.32. The summed E-state index contributed by atoms with van der Waals surface area (Å²) in [5.41, 5.74) is 1.48. The predicted octanol–water partition coefficient (Wildman–Crippen LogP) is 4.04. The highest BCUT2D eigenvalue weighted by atomic mass is 32.1. The summed E-state index contributed by atoms with van der Waals surface area (Å²) in [6, 6.07) is 0.777. The van der Waals surface area contributed by atoms with Gasteiger partial charge in [-0.1, -0.05) is 34.1 Å². The smallest absolute Gasteiger partial charge is 0.0931 e. The minimum Gasteiger partial charge on any atom is -0.309 e. The number of aryl methyl sites for hydroxylation is 1. The molecule has 3 heteroatoms. The van der Waals surface area contributed by atoms with Gasteiger partial charge >= 0.3 is 0 Å². The number of aromatic nitrogens is 1. The lowest BCUT2D eigenvalue weighted by atomic mass is 9.91. The summed E-state index contributed by atoms with van der Waals surface area (Å²) in [5.74, 6) is 0. The molecule has 0 aromatic carbocycles. The molecule has 0 aliphatic heterocycles. The maximum atomic E-state index is 4.90. The van der Waals surface area contributed by atoms with E-state index in [1.807, 2.05) is 11.3 Å². The summed E-state index contributed by atoms with van der Waals surface area (Å²) in [6.45, 7) is 10.1. The molecular formula is C15H26N2S. The number of hydrogen-bond acceptors (Lipinski definition) is 3. The maximum absolute atomic E-state index is 4.90. The minimum atomic E-state index is 0.168. The second-order valence-electron chi connectivity index (χ2n) is 6.39. The van der Waals surface area contributed by atoms with Crippen molar-refractivity contribution in [2.45, 2.75) is 77.8 Å². The Kier molecular flexibility index (Phi) is 4.44. The van der Waals surface area contributed by atoms with Crippen molar-refractivity contribution in [3.05, 3.63) is 15.6 Å². The van der Waals surface area contributed by atoms with Gasteiger partial charge in [0.1, 0.15) is 0 Å². The highest BCUT2D eigenvalue weighted by Gasteiger charge is 2.25. The summed E-state index contributed by atoms with van der Waals surface area (Å²) in [5, 5.41) is 4.95. The Morgan fingerprint density at radius 3 is 2.61 bits per heavy atom. The number of nitrogens with one attached hydrogen (secondary N) is 1. The van der Waals surface area contributed by atoms with Crippen LogP contribution in [0.4, 0.5) is 0 Å². The van der Waals surface area contributed by atoms with Gasteiger partial charge in [-0.3, -0.25) is 0 Å². The van der Waals surface area contributed by atoms with Crippen LogP contribution in [0.3, 0.4) is 0 Å². The van der Waals surface area contributed by atoms with Crippen LogP contribution >= 0.6 is 11.3 Å². The van der Waals surface area contributed by atoms with Gasteiger partial charge in [0.25, 0.3) is 0 Å². The van der Waals surface area contributed by atoms with Crippen LogP contribution < -0.4 is 5.32 Å². The van der Waals surface area contributed by atoms with Gasteiger partial charge in [-0.25, -0.2) is 4.98 Å². The van der Waals surface area contributed by atoms with E-state index in [9.17, 15) is 0 Å². The Labute approximate surface area is 115 Å². The lowest BCUT2D eigenvalue weighted by Crippen LogP contribution is -2.20. The average molecular weight is 266 g/mol. The lowest BCUT2D eigenvalue weighted by molar-refractivity contribution is 0.556. The van der Waals surface area contributed by atoms with E-state index in [1.165, 1.54) is 41.3 Å². The van der Waals surface area contributed by atoms with Crippen LogP contribution in [-0.2, 0) is 18.4 Å². The fourth-order valence-electron chi connectivity index (χ4n) is 2.07. The van der Waals surface area contributed by atoms with E-state index in [-0.39, 0.29) is 5.41 Å². The first-order valence-electron chi connectivity index (χ1n) is 7.23. The molecule has 1 heterocycles. The second-order valence-corrected chi connectivity index (χ2v) is 7.56. The molecule has 1 aromatic rings. The van der Waals surface area contributed by atoms with Crippen molar-refractivity contribution in [2.24, 2.45) is 0 Å². The number of thiazole rings is 1. The topological polar surface area (TPSA) is 24.9 Å². The Balaban J connectivity index is 2.09. The molecule has 1 aliphatic rings. The Morgan fingerprint density at radius 2 is 2.06 bits per heavy atom. The van der Waals surface area contributed by atoms with Gasteiger partial charge in [0.15, 0.2) is 0 Å². The molecule has 1 saturated carbocycles. The van der Waals surface area contributed by atoms with Crippen LogP contribution in [0.15, 0.2) is 0 Å². The molecule has 2 nitrogen and oxygen atoms in total. The fraction of sp³-hybridized carbons (Fsp3) is 0.800. The van der Waals surface area contributed by atoms with Crippen LogP contribution in [0.25, 0.3) is 0 Å². The van der Waals surface area contributed by atoms with Gasteiger partial charge in [-0.05, 0) is 25.7 Å². The zero-order valence-electron chi connectivity index (χ0n) is 12.2. The molecule has 0 spiro atoms. The van der Waals surface area contributed by atoms with Crippen molar-refractivity contribution in [3.8, 4) is 0 Å². The van der Waals surface area contributed by atoms with Crippen LogP contribution in [0.5, 0.6) is 0 Å². The second kappa shape index (κ2) is 5.70. The van der Waals surface area contributed by atoms with Gasteiger partial charge in [0.05, 0.1) is 10.7 Å². The summed E-state index contributed by atoms with van der Waals surface area (Å²) < 4.78 is 0. The quantitative estimate of drug-likeness (QED) is 0.840. The third-order valence-corrected chi connectivity index (χ3v) is 4.44. The molecule has 0 amide bonds. The molecule has 0 radical (unpaired) electrons. The van der Waals surface area contributed by atoms with Gasteiger partial charge in [-0.15, -0.1) is 11.3 Å². The molecule has 102 valence electrons. The number of unbranched alkanes of at least 4 members (excludes halogenated alkanes) is 1. The van der Waals surface area contributed by atoms with Gasteiger partial charge < -0.3 is 5.32 Å². The Bertz CT molecular complexity index is 386. The molecule has 1 fully saturated rings. The third kappa shape index (κ3) is 3.79. The molecule has 2 rings (SSSR count). The van der Waals surface area contributed by atoms with Crippen LogP contribution in [0.1, 0.15) is 69.0 Å². The largest absolute Gasteiger partial charge is 0.309 e. The zero-order valence-corrected chi connectivity index (χ0v) is 13.0. The van der Waals surface area contributed by atoms with Crippen molar-refractivity contribution in [1.82, 2.24) is 10.3 Å². The first-order chi connectivity index (χ1) is 8.50. The number of nitrogens with zero attached hydrogens (tertiary/aromatic N) is 1. The highest BCUT2D eigenvalue weighted by molar-refractivity contribution is 7.11. The van der Waals surface area contributed by atoms with E-state index in [1.54, 1.807) is 0 Å². The predicted molar refractivity (Wildman–Crippen MR) is 79.3 cm³/mol. The SMILES string of the molecule is CCCCc1nc(C(C)(C)C)c(CNC2CC2)s1. The summed E-state index contributed by atoms with van der Waals surface area (Å²) in [4.78, 5) is 6.35. The molecular weight excluding hydrogens is 240 g/mol. The van der Waals surface area contributed by atoms with E-state index >= 15 is 0 Å². The average Bonchev–Trinajstić information content (AvgIpc) is 3.02. The fourth-order valence-corrected chi connectivity index (χ4v) is 3.34. The number of rotatable bonds is 6. The van der Waals surface area contributed by atoms with E-state index in [0.717, 1.165) is 19.0 Å². The minimum absolute atomic E-state index is 0.168. The van der Waals surface area contributed by atoms with Crippen LogP contribution in [-0.4, -0.2) is 11.0 Å². The van der Waals surface area contributed by atoms with Crippen molar-refractivity contribution >= 4 is 11.3 Å². The Morgan fingerprint density at radius 1 is 1.33 bits per heavy atom. The van der Waals surface area contributed by atoms with E-state index in [4.69, 9.17) is 4.98 Å². The first-order valence-corrected chi connectivity index (χ1v) is 8.04. The molecule has 18 heavy (non-hydrogen) atoms. The summed E-state index contributed by atoms with van der Waals surface area (Å²) >= 11 is 1.92. The number of hydrogen-bond donors (Lipinski definition) is 1. The molecule has 0 unspecified atom stereocenters. The highest BCUT2D eigenvalue weighted by Crippen LogP contribution is 2.31. The van der Waals surface area contributed by atoms with Crippen molar-refractivity contribution < 1.29 is 0 Å². The Hall–Kier alpha value is -0.410. The molecule has 1 N–H and O–H groups in total. The van der Waals surface area contributed by atoms with Crippen molar-refractivity contribution in [1.29, 1.82) is 0 Å². The zero-order chi connectivity index (χ0) is 13.2. The molecule has 0 bridgehead atoms. The van der Waals surface area contributed by atoms with Gasteiger partial charge in [-0.2, -0.15) is 0 Å². The molecule has 0 saturated heterocycles. The van der Waals surface area contributed by atoms with Gasteiger partial charge in [0.2, 0.25) is 0 Å². The van der Waals surface area contributed by atoms with Crippen LogP contribution in [0, 0.1) is 0 Å². The standard InChI is InChI=1S/C15H26N2S/c1-5-6-7-13-17-14(15(2,3)4)12(18-13)10-16-11-8-9-11/h11,16H,5-10H2,1-4H3. The maximum Gasteiger partial charge on any atom is 0.0931 e. The van der Waals surface area contributed by atoms with Crippen molar-refractivity contribution in [3.63, 3.8) is 0 Å². The first kappa shape index (κ1) is 14.0. The van der Waals surface area contributed by atoms with E-state index < -0.39 is 0 Å². The monoisotopic (exact) mass is 266 g/mol. The van der Waals surface area contributed by atoms with Crippen molar-refractivity contribution in [2.75, 3.05) is 0 Å². The van der Waals surface area contributed by atoms with Gasteiger partial charge in [0, 0.05) is 22.9 Å². The molecule has 1 aromatic heterocycles. The molecule has 1 aliphatic carbocycles. The van der Waals surface area contributed by atoms with E-state index in [0.29, 0.717) is 0 Å².